The van der Waals surface area contributed by atoms with E-state index in [1.54, 1.807) is 31.6 Å². The number of benzene rings is 1. The molecule has 8 nitrogen and oxygen atoms in total. The summed E-state index contributed by atoms with van der Waals surface area (Å²) < 4.78 is 5.70. The van der Waals surface area contributed by atoms with Gasteiger partial charge >= 0.3 is 0 Å². The van der Waals surface area contributed by atoms with Gasteiger partial charge in [-0.05, 0) is 42.5 Å². The average molecular weight is 465 g/mol. The maximum Gasteiger partial charge on any atom is 0.251 e. The highest BCUT2D eigenvalue weighted by Gasteiger charge is 2.35. The van der Waals surface area contributed by atoms with Crippen molar-refractivity contribution in [3.63, 3.8) is 0 Å². The molecule has 0 bridgehead atoms. The molecule has 2 aliphatic rings. The van der Waals surface area contributed by atoms with Crippen molar-refractivity contribution in [1.82, 2.24) is 20.8 Å². The monoisotopic (exact) mass is 464 g/mol. The van der Waals surface area contributed by atoms with Gasteiger partial charge in [-0.2, -0.15) is 5.10 Å². The van der Waals surface area contributed by atoms with E-state index in [-0.39, 0.29) is 29.9 Å². The molecule has 1 fully saturated rings. The number of H-pyrrole nitrogens is 1. The second-order valence-corrected chi connectivity index (χ2v) is 9.02. The minimum atomic E-state index is -0.568. The number of carbonyl (C=O) groups is 2. The minimum Gasteiger partial charge on any atom is -0.394 e. The minimum absolute atomic E-state index is 0.0666. The number of carbonyl (C=O) groups excluding carboxylic acids is 2. The number of aliphatic hydroxyl groups is 1. The number of nitrogens with one attached hydrogen (secondary N) is 3. The molecule has 0 radical (unpaired) electrons. The lowest BCUT2D eigenvalue weighted by Gasteiger charge is -2.29. The van der Waals surface area contributed by atoms with Crippen LogP contribution in [0.1, 0.15) is 42.5 Å². The zero-order valence-corrected chi connectivity index (χ0v) is 19.4. The first-order chi connectivity index (χ1) is 16.5. The molecule has 2 atom stereocenters. The predicted octanol–water partition coefficient (Wildman–Crippen LogP) is 2.75. The maximum absolute atomic E-state index is 12.8. The normalized spacial score (nSPS) is 19.9. The van der Waals surface area contributed by atoms with Crippen molar-refractivity contribution in [2.45, 2.75) is 43.7 Å². The lowest BCUT2D eigenvalue weighted by atomic mass is 9.89. The fourth-order valence-electron chi connectivity index (χ4n) is 4.71. The van der Waals surface area contributed by atoms with Crippen molar-refractivity contribution >= 4 is 11.8 Å². The van der Waals surface area contributed by atoms with E-state index in [1.807, 2.05) is 30.4 Å². The Bertz CT molecular complexity index is 1040. The lowest BCUT2D eigenvalue weighted by molar-refractivity contribution is -0.125. The molecule has 34 heavy (non-hydrogen) atoms. The average Bonchev–Trinajstić information content (AvgIpc) is 3.59. The number of aromatic amines is 1. The quantitative estimate of drug-likeness (QED) is 0.455. The summed E-state index contributed by atoms with van der Waals surface area (Å²) in [6.07, 6.45) is 13.6. The molecular formula is C26H32N4O4. The molecule has 4 N–H and O–H groups in total. The van der Waals surface area contributed by atoms with Gasteiger partial charge in [0.05, 0.1) is 30.4 Å². The first-order valence-corrected chi connectivity index (χ1v) is 11.7. The SMILES string of the molecule is COC1(CNC(=O)C2C=CC=C([C@@H](CO)NC(=O)c3ccc(-c4cn[nH]c4)cc3)C2)CCCC1. The largest absolute Gasteiger partial charge is 0.394 e. The molecule has 1 unspecified atom stereocenters. The van der Waals surface area contributed by atoms with E-state index in [9.17, 15) is 14.7 Å². The Morgan fingerprint density at radius 2 is 2.00 bits per heavy atom. The van der Waals surface area contributed by atoms with Crippen LogP contribution in [-0.4, -0.2) is 59.0 Å². The number of allylic oxidation sites excluding steroid dienone is 2. The van der Waals surface area contributed by atoms with E-state index in [0.717, 1.165) is 42.4 Å². The Morgan fingerprint density at radius 1 is 1.24 bits per heavy atom. The second kappa shape index (κ2) is 10.8. The smallest absolute Gasteiger partial charge is 0.251 e. The predicted molar refractivity (Wildman–Crippen MR) is 129 cm³/mol. The molecule has 1 saturated carbocycles. The number of methoxy groups -OCH3 is 1. The van der Waals surface area contributed by atoms with Crippen LogP contribution < -0.4 is 10.6 Å². The fourth-order valence-corrected chi connectivity index (χ4v) is 4.71. The zero-order chi connectivity index (χ0) is 24.0. The number of aliphatic hydroxyl groups excluding tert-OH is 1. The molecule has 2 aliphatic carbocycles. The molecule has 0 spiro atoms. The van der Waals surface area contributed by atoms with Gasteiger partial charge in [-0.25, -0.2) is 0 Å². The van der Waals surface area contributed by atoms with Crippen molar-refractivity contribution in [3.05, 3.63) is 66.0 Å². The first-order valence-electron chi connectivity index (χ1n) is 11.7. The van der Waals surface area contributed by atoms with Gasteiger partial charge in [-0.15, -0.1) is 0 Å². The van der Waals surface area contributed by atoms with Gasteiger partial charge in [0, 0.05) is 31.0 Å². The van der Waals surface area contributed by atoms with Crippen LogP contribution in [0.5, 0.6) is 0 Å². The van der Waals surface area contributed by atoms with Gasteiger partial charge in [0.25, 0.3) is 5.91 Å². The van der Waals surface area contributed by atoms with Crippen LogP contribution in [-0.2, 0) is 9.53 Å². The lowest BCUT2D eigenvalue weighted by Crippen LogP contribution is -2.45. The number of ether oxygens (including phenoxy) is 1. The molecule has 1 aromatic heterocycles. The van der Waals surface area contributed by atoms with Gasteiger partial charge in [0.15, 0.2) is 0 Å². The van der Waals surface area contributed by atoms with Crippen molar-refractivity contribution in [2.24, 2.45) is 5.92 Å². The number of aromatic nitrogens is 2. The van der Waals surface area contributed by atoms with Crippen LogP contribution in [0.15, 0.2) is 60.5 Å². The third kappa shape index (κ3) is 5.46. The molecule has 180 valence electrons. The standard InChI is InChI=1S/C26H32N4O4/c1-34-26(11-2-3-12-26)17-27-24(32)21-6-4-5-20(13-21)23(16-31)30-25(33)19-9-7-18(8-10-19)22-14-28-29-15-22/h4-10,14-15,21,23,31H,2-3,11-13,16-17H2,1H3,(H,27,32)(H,28,29)(H,30,33)/t21?,23-/m1/s1. The highest BCUT2D eigenvalue weighted by Crippen LogP contribution is 2.32. The number of hydrogen-bond donors (Lipinski definition) is 4. The molecule has 4 rings (SSSR count). The van der Waals surface area contributed by atoms with Crippen molar-refractivity contribution in [1.29, 1.82) is 0 Å². The summed E-state index contributed by atoms with van der Waals surface area (Å²) >= 11 is 0. The summed E-state index contributed by atoms with van der Waals surface area (Å²) in [6.45, 7) is 0.250. The van der Waals surface area contributed by atoms with Gasteiger partial charge in [0.1, 0.15) is 0 Å². The van der Waals surface area contributed by atoms with Crippen LogP contribution in [0, 0.1) is 5.92 Å². The molecule has 2 amide bonds. The number of hydrogen-bond acceptors (Lipinski definition) is 5. The van der Waals surface area contributed by atoms with Crippen LogP contribution >= 0.6 is 0 Å². The van der Waals surface area contributed by atoms with E-state index in [2.05, 4.69) is 20.8 Å². The summed E-state index contributed by atoms with van der Waals surface area (Å²) in [5.41, 5.74) is 2.93. The maximum atomic E-state index is 12.8. The summed E-state index contributed by atoms with van der Waals surface area (Å²) in [7, 11) is 1.71. The van der Waals surface area contributed by atoms with Gasteiger partial charge < -0.3 is 20.5 Å². The zero-order valence-electron chi connectivity index (χ0n) is 19.4. The van der Waals surface area contributed by atoms with Crippen LogP contribution in [0.3, 0.4) is 0 Å². The highest BCUT2D eigenvalue weighted by atomic mass is 16.5. The van der Waals surface area contributed by atoms with E-state index in [1.165, 1.54) is 0 Å². The number of nitrogens with zero attached hydrogens (tertiary/aromatic N) is 1. The van der Waals surface area contributed by atoms with Crippen LogP contribution in [0.4, 0.5) is 0 Å². The third-order valence-corrected chi connectivity index (χ3v) is 6.89. The van der Waals surface area contributed by atoms with Crippen LogP contribution in [0.25, 0.3) is 11.1 Å². The Hall–Kier alpha value is -3.23. The molecule has 2 aromatic rings. The summed E-state index contributed by atoms with van der Waals surface area (Å²) in [5.74, 6) is -0.698. The van der Waals surface area contributed by atoms with Crippen LogP contribution in [0.2, 0.25) is 0 Å². The van der Waals surface area contributed by atoms with Crippen molar-refractivity contribution in [3.8, 4) is 11.1 Å². The Balaban J connectivity index is 1.34. The number of amides is 2. The van der Waals surface area contributed by atoms with Gasteiger partial charge in [0.2, 0.25) is 5.91 Å². The number of rotatable bonds is 9. The molecule has 1 aromatic carbocycles. The molecule has 8 heteroatoms. The Morgan fingerprint density at radius 3 is 2.65 bits per heavy atom. The van der Waals surface area contributed by atoms with Crippen molar-refractivity contribution < 1.29 is 19.4 Å². The summed E-state index contributed by atoms with van der Waals surface area (Å²) in [6, 6.07) is 6.63. The highest BCUT2D eigenvalue weighted by molar-refractivity contribution is 5.95. The summed E-state index contributed by atoms with van der Waals surface area (Å²) in [5, 5.41) is 22.6. The Kier molecular flexibility index (Phi) is 7.59. The van der Waals surface area contributed by atoms with Gasteiger partial charge in [-0.3, -0.25) is 14.7 Å². The Labute approximate surface area is 199 Å². The van der Waals surface area contributed by atoms with E-state index < -0.39 is 6.04 Å². The molecule has 0 saturated heterocycles. The van der Waals surface area contributed by atoms with E-state index in [4.69, 9.17) is 4.74 Å². The van der Waals surface area contributed by atoms with Gasteiger partial charge in [-0.1, -0.05) is 43.2 Å². The topological polar surface area (TPSA) is 116 Å². The molecular weight excluding hydrogens is 432 g/mol. The fraction of sp³-hybridized carbons (Fsp3) is 0.423. The van der Waals surface area contributed by atoms with Crippen molar-refractivity contribution in [2.75, 3.05) is 20.3 Å². The van der Waals surface area contributed by atoms with E-state index in [0.29, 0.717) is 18.5 Å². The van der Waals surface area contributed by atoms with E-state index >= 15 is 0 Å². The summed E-state index contributed by atoms with van der Waals surface area (Å²) in [4.78, 5) is 25.6. The first kappa shape index (κ1) is 23.9. The molecule has 1 heterocycles. The molecule has 0 aliphatic heterocycles. The second-order valence-electron chi connectivity index (χ2n) is 9.02. The third-order valence-electron chi connectivity index (χ3n) is 6.89.